The summed E-state index contributed by atoms with van der Waals surface area (Å²) in [6.45, 7) is 6.47. The average molecular weight is 391 g/mol. The van der Waals surface area contributed by atoms with E-state index in [4.69, 9.17) is 4.74 Å². The maximum atomic E-state index is 12.1. The molecule has 2 aromatic carbocycles. The van der Waals surface area contributed by atoms with Crippen LogP contribution in [-0.2, 0) is 11.3 Å². The summed E-state index contributed by atoms with van der Waals surface area (Å²) in [6, 6.07) is 17.0. The Hall–Kier alpha value is -3.41. The van der Waals surface area contributed by atoms with Crippen molar-refractivity contribution in [1.82, 2.24) is 15.1 Å². The Morgan fingerprint density at radius 1 is 1.00 bits per heavy atom. The van der Waals surface area contributed by atoms with Crippen molar-refractivity contribution in [2.24, 2.45) is 0 Å². The Kier molecular flexibility index (Phi) is 6.44. The van der Waals surface area contributed by atoms with Crippen LogP contribution >= 0.6 is 0 Å². The molecule has 6 heteroatoms. The molecule has 0 atom stereocenters. The van der Waals surface area contributed by atoms with Crippen molar-refractivity contribution in [3.8, 4) is 17.0 Å². The van der Waals surface area contributed by atoms with E-state index in [0.29, 0.717) is 18.0 Å². The molecule has 1 N–H and O–H groups in total. The lowest BCUT2D eigenvalue weighted by Crippen LogP contribution is -2.34. The standard InChI is InChI=1S/C23H25N3O3/c1-16-4-7-19(8-5-16)20-9-11-23(28)26(25-20)13-12-24-22(27)15-29-21-10-6-17(2)14-18(21)3/h4-11,14H,12-13,15H2,1-3H3,(H,24,27). The molecule has 3 aromatic rings. The van der Waals surface area contributed by atoms with Crippen LogP contribution in [0, 0.1) is 20.8 Å². The minimum absolute atomic E-state index is 0.0738. The van der Waals surface area contributed by atoms with Crippen LogP contribution in [0.25, 0.3) is 11.3 Å². The molecule has 0 spiro atoms. The van der Waals surface area contributed by atoms with Crippen molar-refractivity contribution < 1.29 is 9.53 Å². The second-order valence-electron chi connectivity index (χ2n) is 7.05. The molecule has 3 rings (SSSR count). The van der Waals surface area contributed by atoms with Crippen molar-refractivity contribution in [2.75, 3.05) is 13.2 Å². The fourth-order valence-electron chi connectivity index (χ4n) is 2.94. The third-order valence-electron chi connectivity index (χ3n) is 4.55. The van der Waals surface area contributed by atoms with Crippen LogP contribution in [0.15, 0.2) is 59.4 Å². The van der Waals surface area contributed by atoms with Gasteiger partial charge < -0.3 is 10.1 Å². The SMILES string of the molecule is Cc1ccc(-c2ccc(=O)n(CCNC(=O)COc3ccc(C)cc3C)n2)cc1. The molecule has 29 heavy (non-hydrogen) atoms. The van der Waals surface area contributed by atoms with Crippen LogP contribution < -0.4 is 15.6 Å². The van der Waals surface area contributed by atoms with E-state index in [1.54, 1.807) is 6.07 Å². The van der Waals surface area contributed by atoms with Gasteiger partial charge in [0, 0.05) is 18.2 Å². The minimum atomic E-state index is -0.243. The van der Waals surface area contributed by atoms with E-state index in [-0.39, 0.29) is 24.6 Å². The number of aryl methyl sites for hydroxylation is 3. The normalized spacial score (nSPS) is 10.6. The average Bonchev–Trinajstić information content (AvgIpc) is 2.69. The predicted octanol–water partition coefficient (Wildman–Crippen LogP) is 3.03. The van der Waals surface area contributed by atoms with Gasteiger partial charge in [-0.15, -0.1) is 0 Å². The number of hydrogen-bond donors (Lipinski definition) is 1. The molecule has 0 unspecified atom stereocenters. The molecule has 1 amide bonds. The first-order valence-corrected chi connectivity index (χ1v) is 9.54. The highest BCUT2D eigenvalue weighted by atomic mass is 16.5. The van der Waals surface area contributed by atoms with E-state index in [2.05, 4.69) is 10.4 Å². The van der Waals surface area contributed by atoms with E-state index in [1.165, 1.54) is 10.7 Å². The van der Waals surface area contributed by atoms with Gasteiger partial charge >= 0.3 is 0 Å². The number of hydrogen-bond acceptors (Lipinski definition) is 4. The first kappa shape index (κ1) is 20.3. The van der Waals surface area contributed by atoms with Gasteiger partial charge in [-0.2, -0.15) is 5.10 Å². The fraction of sp³-hybridized carbons (Fsp3) is 0.261. The monoisotopic (exact) mass is 391 g/mol. The van der Waals surface area contributed by atoms with Gasteiger partial charge in [-0.05, 0) is 38.5 Å². The van der Waals surface area contributed by atoms with Crippen molar-refractivity contribution in [1.29, 1.82) is 0 Å². The maximum absolute atomic E-state index is 12.1. The Morgan fingerprint density at radius 2 is 1.72 bits per heavy atom. The summed E-state index contributed by atoms with van der Waals surface area (Å²) in [5, 5.41) is 7.17. The topological polar surface area (TPSA) is 73.2 Å². The smallest absolute Gasteiger partial charge is 0.266 e. The van der Waals surface area contributed by atoms with Gasteiger partial charge in [0.1, 0.15) is 5.75 Å². The lowest BCUT2D eigenvalue weighted by Gasteiger charge is -2.11. The van der Waals surface area contributed by atoms with Gasteiger partial charge in [-0.1, -0.05) is 47.5 Å². The van der Waals surface area contributed by atoms with Crippen LogP contribution in [0.5, 0.6) is 5.75 Å². The third kappa shape index (κ3) is 5.54. The minimum Gasteiger partial charge on any atom is -0.484 e. The zero-order valence-corrected chi connectivity index (χ0v) is 16.9. The lowest BCUT2D eigenvalue weighted by molar-refractivity contribution is -0.123. The van der Waals surface area contributed by atoms with Gasteiger partial charge in [-0.25, -0.2) is 4.68 Å². The summed E-state index contributed by atoms with van der Waals surface area (Å²) in [5.74, 6) is 0.446. The van der Waals surface area contributed by atoms with Crippen molar-refractivity contribution in [2.45, 2.75) is 27.3 Å². The van der Waals surface area contributed by atoms with E-state index >= 15 is 0 Å². The van der Waals surface area contributed by atoms with Gasteiger partial charge in [0.05, 0.1) is 12.2 Å². The number of aromatic nitrogens is 2. The number of carbonyl (C=O) groups is 1. The Morgan fingerprint density at radius 3 is 2.45 bits per heavy atom. The molecule has 0 aliphatic heterocycles. The number of nitrogens with zero attached hydrogens (tertiary/aromatic N) is 2. The number of carbonyl (C=O) groups excluding carboxylic acids is 1. The summed E-state index contributed by atoms with van der Waals surface area (Å²) >= 11 is 0. The molecule has 0 aliphatic carbocycles. The van der Waals surface area contributed by atoms with E-state index in [1.807, 2.05) is 63.2 Å². The maximum Gasteiger partial charge on any atom is 0.266 e. The van der Waals surface area contributed by atoms with Gasteiger partial charge in [0.15, 0.2) is 6.61 Å². The summed E-state index contributed by atoms with van der Waals surface area (Å²) in [5.41, 5.74) is 4.74. The zero-order valence-electron chi connectivity index (χ0n) is 16.9. The lowest BCUT2D eigenvalue weighted by atomic mass is 10.1. The van der Waals surface area contributed by atoms with Gasteiger partial charge in [-0.3, -0.25) is 9.59 Å². The highest BCUT2D eigenvalue weighted by molar-refractivity contribution is 5.77. The van der Waals surface area contributed by atoms with Gasteiger partial charge in [0.25, 0.3) is 11.5 Å². The molecule has 0 bridgehead atoms. The highest BCUT2D eigenvalue weighted by Crippen LogP contribution is 2.18. The first-order valence-electron chi connectivity index (χ1n) is 9.54. The molecule has 0 saturated heterocycles. The molecule has 0 saturated carbocycles. The molecule has 0 radical (unpaired) electrons. The van der Waals surface area contributed by atoms with Gasteiger partial charge in [0.2, 0.25) is 0 Å². The van der Waals surface area contributed by atoms with E-state index < -0.39 is 0 Å². The molecular formula is C23H25N3O3. The van der Waals surface area contributed by atoms with Crippen LogP contribution in [0.1, 0.15) is 16.7 Å². The summed E-state index contributed by atoms with van der Waals surface area (Å²) in [7, 11) is 0. The summed E-state index contributed by atoms with van der Waals surface area (Å²) < 4.78 is 6.93. The largest absolute Gasteiger partial charge is 0.484 e. The zero-order chi connectivity index (χ0) is 20.8. The Labute approximate surface area is 170 Å². The quantitative estimate of drug-likeness (QED) is 0.672. The van der Waals surface area contributed by atoms with Crippen molar-refractivity contribution in [3.05, 3.63) is 81.6 Å². The van der Waals surface area contributed by atoms with Crippen LogP contribution in [0.2, 0.25) is 0 Å². The van der Waals surface area contributed by atoms with Crippen molar-refractivity contribution >= 4 is 5.91 Å². The summed E-state index contributed by atoms with van der Waals surface area (Å²) in [4.78, 5) is 24.1. The number of ether oxygens (including phenoxy) is 1. The first-order chi connectivity index (χ1) is 13.9. The molecule has 0 fully saturated rings. The highest BCUT2D eigenvalue weighted by Gasteiger charge is 2.07. The van der Waals surface area contributed by atoms with E-state index in [0.717, 1.165) is 22.3 Å². The molecule has 1 aromatic heterocycles. The number of nitrogens with one attached hydrogen (secondary N) is 1. The number of benzene rings is 2. The second kappa shape index (κ2) is 9.19. The van der Waals surface area contributed by atoms with Crippen LogP contribution in [-0.4, -0.2) is 28.8 Å². The van der Waals surface area contributed by atoms with E-state index in [9.17, 15) is 9.59 Å². The molecular weight excluding hydrogens is 366 g/mol. The van der Waals surface area contributed by atoms with Crippen molar-refractivity contribution in [3.63, 3.8) is 0 Å². The number of amides is 1. The predicted molar refractivity (Wildman–Crippen MR) is 113 cm³/mol. The molecule has 150 valence electrons. The van der Waals surface area contributed by atoms with Crippen LogP contribution in [0.3, 0.4) is 0 Å². The molecule has 1 heterocycles. The molecule has 6 nitrogen and oxygen atoms in total. The third-order valence-corrected chi connectivity index (χ3v) is 4.55. The Bertz CT molecular complexity index is 1060. The second-order valence-corrected chi connectivity index (χ2v) is 7.05. The van der Waals surface area contributed by atoms with Crippen LogP contribution in [0.4, 0.5) is 0 Å². The number of rotatable bonds is 7. The Balaban J connectivity index is 1.54. The fourth-order valence-corrected chi connectivity index (χ4v) is 2.94. The molecule has 0 aliphatic rings. The summed E-state index contributed by atoms with van der Waals surface area (Å²) in [6.07, 6.45) is 0.